The van der Waals surface area contributed by atoms with Gasteiger partial charge in [-0.2, -0.15) is 0 Å². The third kappa shape index (κ3) is 4.67. The highest BCUT2D eigenvalue weighted by molar-refractivity contribution is 5.77. The fourth-order valence-corrected chi connectivity index (χ4v) is 2.49. The minimum absolute atomic E-state index is 0.0829. The number of benzene rings is 2. The first-order valence-electron chi connectivity index (χ1n) is 8.13. The number of imidazole rings is 1. The lowest BCUT2D eigenvalue weighted by molar-refractivity contribution is -0.126. The number of carbonyl (C=O) groups excluding carboxylic acids is 1. The summed E-state index contributed by atoms with van der Waals surface area (Å²) in [5.74, 6) is 0.862. The van der Waals surface area contributed by atoms with Crippen molar-refractivity contribution in [3.63, 3.8) is 0 Å². The Labute approximate surface area is 141 Å². The average molecular weight is 323 g/mol. The Kier molecular flexibility index (Phi) is 5.58. The molecule has 5 heteroatoms. The van der Waals surface area contributed by atoms with Gasteiger partial charge in [0.25, 0.3) is 0 Å². The molecule has 0 saturated carbocycles. The summed E-state index contributed by atoms with van der Waals surface area (Å²) in [6.45, 7) is 1.15. The Morgan fingerprint density at radius 2 is 1.88 bits per heavy atom. The number of carbonyl (C=O) groups is 1. The van der Waals surface area contributed by atoms with Gasteiger partial charge >= 0.3 is 0 Å². The second-order valence-electron chi connectivity index (χ2n) is 5.63. The first-order chi connectivity index (χ1) is 11.8. The molecular formula is C19H21N3O2. The zero-order valence-electron chi connectivity index (χ0n) is 13.5. The normalized spacial score (nSPS) is 10.8. The summed E-state index contributed by atoms with van der Waals surface area (Å²) >= 11 is 0. The molecule has 124 valence electrons. The average Bonchev–Trinajstić information content (AvgIpc) is 3.02. The SMILES string of the molecule is O=C(COCc1ccccc1)NCCCc1nc2ccccc2[nH]1. The molecule has 5 nitrogen and oxygen atoms in total. The van der Waals surface area contributed by atoms with Crippen LogP contribution in [-0.4, -0.2) is 29.0 Å². The Morgan fingerprint density at radius 1 is 1.08 bits per heavy atom. The van der Waals surface area contributed by atoms with E-state index in [0.29, 0.717) is 13.2 Å². The van der Waals surface area contributed by atoms with Crippen molar-refractivity contribution in [3.8, 4) is 0 Å². The molecule has 0 unspecified atom stereocenters. The lowest BCUT2D eigenvalue weighted by Gasteiger charge is -2.06. The second kappa shape index (κ2) is 8.26. The predicted molar refractivity (Wildman–Crippen MR) is 93.5 cm³/mol. The molecule has 3 aromatic rings. The van der Waals surface area contributed by atoms with E-state index in [9.17, 15) is 4.79 Å². The maximum absolute atomic E-state index is 11.7. The van der Waals surface area contributed by atoms with Gasteiger partial charge < -0.3 is 15.0 Å². The van der Waals surface area contributed by atoms with E-state index < -0.39 is 0 Å². The number of H-pyrrole nitrogens is 1. The van der Waals surface area contributed by atoms with Crippen molar-refractivity contribution in [2.45, 2.75) is 19.4 Å². The summed E-state index contributed by atoms with van der Waals surface area (Å²) in [5, 5.41) is 2.87. The van der Waals surface area contributed by atoms with Gasteiger partial charge in [0.15, 0.2) is 0 Å². The number of ether oxygens (including phenoxy) is 1. The van der Waals surface area contributed by atoms with E-state index in [1.807, 2.05) is 54.6 Å². The first-order valence-corrected chi connectivity index (χ1v) is 8.13. The number of fused-ring (bicyclic) bond motifs is 1. The number of aromatic amines is 1. The fourth-order valence-electron chi connectivity index (χ4n) is 2.49. The molecule has 0 spiro atoms. The van der Waals surface area contributed by atoms with Crippen molar-refractivity contribution in [2.75, 3.05) is 13.2 Å². The first kappa shape index (κ1) is 16.2. The van der Waals surface area contributed by atoms with Gasteiger partial charge in [-0.3, -0.25) is 4.79 Å². The Bertz CT molecular complexity index is 750. The molecule has 1 aromatic heterocycles. The van der Waals surface area contributed by atoms with E-state index in [-0.39, 0.29) is 12.5 Å². The van der Waals surface area contributed by atoms with E-state index in [2.05, 4.69) is 15.3 Å². The highest BCUT2D eigenvalue weighted by Crippen LogP contribution is 2.11. The molecule has 0 atom stereocenters. The van der Waals surface area contributed by atoms with Gasteiger partial charge in [0.1, 0.15) is 12.4 Å². The lowest BCUT2D eigenvalue weighted by atomic mass is 10.2. The van der Waals surface area contributed by atoms with E-state index in [1.165, 1.54) is 0 Å². The zero-order chi connectivity index (χ0) is 16.6. The topological polar surface area (TPSA) is 67.0 Å². The maximum Gasteiger partial charge on any atom is 0.246 e. The van der Waals surface area contributed by atoms with Crippen LogP contribution in [0.5, 0.6) is 0 Å². The number of hydrogen-bond acceptors (Lipinski definition) is 3. The summed E-state index contributed by atoms with van der Waals surface area (Å²) in [6, 6.07) is 17.8. The van der Waals surface area contributed by atoms with Gasteiger partial charge in [-0.1, -0.05) is 42.5 Å². The van der Waals surface area contributed by atoms with Crippen LogP contribution in [0, 0.1) is 0 Å². The number of rotatable bonds is 8. The Balaban J connectivity index is 1.32. The molecule has 3 rings (SSSR count). The molecule has 2 N–H and O–H groups in total. The van der Waals surface area contributed by atoms with Crippen LogP contribution in [0.3, 0.4) is 0 Å². The quantitative estimate of drug-likeness (QED) is 0.626. The summed E-state index contributed by atoms with van der Waals surface area (Å²) < 4.78 is 5.41. The monoisotopic (exact) mass is 323 g/mol. The highest BCUT2D eigenvalue weighted by Gasteiger charge is 2.04. The molecule has 1 amide bonds. The Morgan fingerprint density at radius 3 is 2.71 bits per heavy atom. The van der Waals surface area contributed by atoms with Crippen molar-refractivity contribution in [3.05, 3.63) is 66.0 Å². The van der Waals surface area contributed by atoms with E-state index in [4.69, 9.17) is 4.74 Å². The third-order valence-corrected chi connectivity index (χ3v) is 3.70. The lowest BCUT2D eigenvalue weighted by Crippen LogP contribution is -2.28. The summed E-state index contributed by atoms with van der Waals surface area (Å²) in [5.41, 5.74) is 3.09. The molecule has 2 aromatic carbocycles. The maximum atomic E-state index is 11.7. The standard InChI is InChI=1S/C19H21N3O2/c23-19(14-24-13-15-7-2-1-3-8-15)20-12-6-11-18-21-16-9-4-5-10-17(16)22-18/h1-5,7-10H,6,11-14H2,(H,20,23)(H,21,22). The molecule has 0 aliphatic heterocycles. The molecule has 0 saturated heterocycles. The zero-order valence-corrected chi connectivity index (χ0v) is 13.5. The van der Waals surface area contributed by atoms with Crippen LogP contribution in [0.15, 0.2) is 54.6 Å². The number of para-hydroxylation sites is 2. The van der Waals surface area contributed by atoms with Gasteiger partial charge in [-0.15, -0.1) is 0 Å². The van der Waals surface area contributed by atoms with Gasteiger partial charge in [-0.05, 0) is 24.1 Å². The van der Waals surface area contributed by atoms with E-state index in [0.717, 1.165) is 35.3 Å². The molecule has 0 aliphatic rings. The number of nitrogens with one attached hydrogen (secondary N) is 2. The van der Waals surface area contributed by atoms with E-state index in [1.54, 1.807) is 0 Å². The summed E-state index contributed by atoms with van der Waals surface area (Å²) in [7, 11) is 0. The van der Waals surface area contributed by atoms with Crippen molar-refractivity contribution >= 4 is 16.9 Å². The summed E-state index contributed by atoms with van der Waals surface area (Å²) in [4.78, 5) is 19.5. The number of nitrogens with zero attached hydrogens (tertiary/aromatic N) is 1. The van der Waals surface area contributed by atoms with Crippen LogP contribution in [0.1, 0.15) is 17.8 Å². The molecule has 0 radical (unpaired) electrons. The molecule has 1 heterocycles. The van der Waals surface area contributed by atoms with Crippen molar-refractivity contribution in [2.24, 2.45) is 0 Å². The van der Waals surface area contributed by atoms with Gasteiger partial charge in [0, 0.05) is 13.0 Å². The van der Waals surface area contributed by atoms with Crippen LogP contribution in [0.4, 0.5) is 0 Å². The molecule has 0 fully saturated rings. The fraction of sp³-hybridized carbons (Fsp3) is 0.263. The predicted octanol–water partition coefficient (Wildman–Crippen LogP) is 2.83. The van der Waals surface area contributed by atoms with Gasteiger partial charge in [0.05, 0.1) is 17.6 Å². The van der Waals surface area contributed by atoms with Crippen LogP contribution in [-0.2, 0) is 22.6 Å². The highest BCUT2D eigenvalue weighted by atomic mass is 16.5. The third-order valence-electron chi connectivity index (χ3n) is 3.70. The van der Waals surface area contributed by atoms with Crippen LogP contribution in [0.2, 0.25) is 0 Å². The largest absolute Gasteiger partial charge is 0.367 e. The van der Waals surface area contributed by atoms with Gasteiger partial charge in [0.2, 0.25) is 5.91 Å². The van der Waals surface area contributed by atoms with Crippen LogP contribution in [0.25, 0.3) is 11.0 Å². The summed E-state index contributed by atoms with van der Waals surface area (Å²) in [6.07, 6.45) is 1.64. The molecule has 0 aliphatic carbocycles. The van der Waals surface area contributed by atoms with Crippen LogP contribution < -0.4 is 5.32 Å². The molecule has 24 heavy (non-hydrogen) atoms. The van der Waals surface area contributed by atoms with Crippen molar-refractivity contribution < 1.29 is 9.53 Å². The molecule has 0 bridgehead atoms. The van der Waals surface area contributed by atoms with Crippen molar-refractivity contribution in [1.29, 1.82) is 0 Å². The Hall–Kier alpha value is -2.66. The minimum Gasteiger partial charge on any atom is -0.367 e. The number of hydrogen-bond donors (Lipinski definition) is 2. The smallest absolute Gasteiger partial charge is 0.246 e. The number of amides is 1. The number of aryl methyl sites for hydroxylation is 1. The van der Waals surface area contributed by atoms with E-state index >= 15 is 0 Å². The second-order valence-corrected chi connectivity index (χ2v) is 5.63. The van der Waals surface area contributed by atoms with Crippen molar-refractivity contribution in [1.82, 2.24) is 15.3 Å². The van der Waals surface area contributed by atoms with Crippen LogP contribution >= 0.6 is 0 Å². The molecular weight excluding hydrogens is 302 g/mol. The minimum atomic E-state index is -0.0875. The number of aromatic nitrogens is 2. The van der Waals surface area contributed by atoms with Gasteiger partial charge in [-0.25, -0.2) is 4.98 Å².